The third-order valence-corrected chi connectivity index (χ3v) is 9.11. The molecule has 5 nitrogen and oxygen atoms in total. The van der Waals surface area contributed by atoms with Crippen LogP contribution in [0.5, 0.6) is 0 Å². The van der Waals surface area contributed by atoms with E-state index in [0.717, 1.165) is 65.7 Å². The number of benzene rings is 7. The lowest BCUT2D eigenvalue weighted by molar-refractivity contribution is 0.669. The molecule has 0 spiro atoms. The summed E-state index contributed by atoms with van der Waals surface area (Å²) in [4.78, 5) is 20.0. The lowest BCUT2D eigenvalue weighted by Crippen LogP contribution is -2.00. The zero-order valence-electron chi connectivity index (χ0n) is 25.1. The van der Waals surface area contributed by atoms with E-state index in [1.165, 1.54) is 16.2 Å². The van der Waals surface area contributed by atoms with Crippen molar-refractivity contribution >= 4 is 65.2 Å². The Kier molecular flexibility index (Phi) is 5.51. The van der Waals surface area contributed by atoms with Gasteiger partial charge in [-0.25, -0.2) is 15.0 Å². The van der Waals surface area contributed by atoms with Crippen molar-refractivity contribution in [3.05, 3.63) is 146 Å². The summed E-state index contributed by atoms with van der Waals surface area (Å²) >= 11 is 0. The molecule has 0 saturated carbocycles. The lowest BCUT2D eigenvalue weighted by atomic mass is 9.98. The van der Waals surface area contributed by atoms with Gasteiger partial charge in [-0.05, 0) is 57.9 Å². The first-order valence-corrected chi connectivity index (χ1v) is 15.6. The number of para-hydroxylation sites is 1. The molecule has 0 unspecified atom stereocenters. The molecule has 3 heterocycles. The molecule has 0 amide bonds. The molecule has 10 aromatic rings. The fourth-order valence-electron chi connectivity index (χ4n) is 6.86. The predicted octanol–water partition coefficient (Wildman–Crippen LogP) is 10.8. The van der Waals surface area contributed by atoms with E-state index in [1.807, 2.05) is 54.7 Å². The summed E-state index contributed by atoms with van der Waals surface area (Å²) < 4.78 is 6.21. The van der Waals surface area contributed by atoms with Gasteiger partial charge in [0.1, 0.15) is 11.2 Å². The molecular formula is C42H24N4O. The van der Waals surface area contributed by atoms with Crippen molar-refractivity contribution in [2.75, 3.05) is 0 Å². The minimum absolute atomic E-state index is 0.611. The Morgan fingerprint density at radius 1 is 0.383 bits per heavy atom. The van der Waals surface area contributed by atoms with Crippen molar-refractivity contribution in [1.82, 2.24) is 19.9 Å². The van der Waals surface area contributed by atoms with Crippen LogP contribution in [-0.2, 0) is 0 Å². The molecule has 0 bridgehead atoms. The van der Waals surface area contributed by atoms with Crippen LogP contribution >= 0.6 is 0 Å². The molecule has 218 valence electrons. The molecule has 0 aliphatic heterocycles. The highest BCUT2D eigenvalue weighted by molar-refractivity contribution is 6.20. The summed E-state index contributed by atoms with van der Waals surface area (Å²) in [5.41, 5.74) is 5.42. The average molecular weight is 601 g/mol. The van der Waals surface area contributed by atoms with Gasteiger partial charge in [-0.1, -0.05) is 103 Å². The van der Waals surface area contributed by atoms with Crippen LogP contribution in [0.15, 0.2) is 150 Å². The zero-order chi connectivity index (χ0) is 30.9. The number of furan rings is 1. The maximum absolute atomic E-state index is 6.21. The Labute approximate surface area is 268 Å². The molecular weight excluding hydrogens is 576 g/mol. The zero-order valence-corrected chi connectivity index (χ0v) is 25.1. The topological polar surface area (TPSA) is 64.7 Å². The number of pyridine rings is 1. The van der Waals surface area contributed by atoms with Crippen LogP contribution in [0.4, 0.5) is 0 Å². The van der Waals surface area contributed by atoms with Crippen molar-refractivity contribution < 1.29 is 4.42 Å². The van der Waals surface area contributed by atoms with Gasteiger partial charge in [0.15, 0.2) is 17.5 Å². The number of hydrogen-bond donors (Lipinski definition) is 0. The van der Waals surface area contributed by atoms with E-state index in [-0.39, 0.29) is 0 Å². The molecule has 0 aliphatic carbocycles. The van der Waals surface area contributed by atoms with E-state index in [2.05, 4.69) is 91.0 Å². The first kappa shape index (κ1) is 25.8. The largest absolute Gasteiger partial charge is 0.456 e. The number of rotatable bonds is 3. The van der Waals surface area contributed by atoms with Crippen LogP contribution in [0.1, 0.15) is 0 Å². The minimum atomic E-state index is 0.611. The van der Waals surface area contributed by atoms with E-state index < -0.39 is 0 Å². The van der Waals surface area contributed by atoms with E-state index in [0.29, 0.717) is 17.5 Å². The van der Waals surface area contributed by atoms with Crippen molar-refractivity contribution in [2.24, 2.45) is 0 Å². The van der Waals surface area contributed by atoms with Gasteiger partial charge < -0.3 is 4.42 Å². The van der Waals surface area contributed by atoms with Gasteiger partial charge in [0.2, 0.25) is 0 Å². The second-order valence-corrected chi connectivity index (χ2v) is 11.9. The lowest BCUT2D eigenvalue weighted by Gasteiger charge is -2.11. The molecule has 0 atom stereocenters. The number of aromatic nitrogens is 4. The fraction of sp³-hybridized carbons (Fsp3) is 0. The minimum Gasteiger partial charge on any atom is -0.456 e. The van der Waals surface area contributed by atoms with E-state index in [9.17, 15) is 0 Å². The van der Waals surface area contributed by atoms with Gasteiger partial charge in [-0.2, -0.15) is 0 Å². The maximum Gasteiger partial charge on any atom is 0.164 e. The Morgan fingerprint density at radius 3 is 1.85 bits per heavy atom. The molecule has 0 radical (unpaired) electrons. The summed E-state index contributed by atoms with van der Waals surface area (Å²) in [5, 5.41) is 10.2. The van der Waals surface area contributed by atoms with Gasteiger partial charge in [0.05, 0.1) is 5.52 Å². The Hall–Kier alpha value is -6.46. The van der Waals surface area contributed by atoms with Crippen molar-refractivity contribution in [2.45, 2.75) is 0 Å². The van der Waals surface area contributed by atoms with Gasteiger partial charge >= 0.3 is 0 Å². The van der Waals surface area contributed by atoms with Crippen molar-refractivity contribution in [1.29, 1.82) is 0 Å². The van der Waals surface area contributed by atoms with Crippen LogP contribution < -0.4 is 0 Å². The highest BCUT2D eigenvalue weighted by atomic mass is 16.3. The molecule has 10 rings (SSSR count). The molecule has 3 aromatic heterocycles. The first-order chi connectivity index (χ1) is 23.3. The van der Waals surface area contributed by atoms with Crippen molar-refractivity contribution in [3.8, 4) is 34.2 Å². The Morgan fingerprint density at radius 2 is 1.00 bits per heavy atom. The van der Waals surface area contributed by atoms with E-state index >= 15 is 0 Å². The maximum atomic E-state index is 6.21. The van der Waals surface area contributed by atoms with Crippen LogP contribution in [0, 0.1) is 0 Å². The summed E-state index contributed by atoms with van der Waals surface area (Å²) in [5.74, 6) is 1.85. The van der Waals surface area contributed by atoms with Crippen molar-refractivity contribution in [3.63, 3.8) is 0 Å². The molecule has 5 heteroatoms. The standard InChI is InChI=1S/C42H24N4O/c1-2-9-27(10-3-1)40-44-41(28-16-14-26-19-21-37-39(33(26)22-28)32-12-6-7-13-36(32)47-37)46-42(45-40)29-18-20-35-34(23-29)38-30(24-43-35)17-15-25-8-4-5-11-31(25)38/h1-24H. The number of nitrogens with zero attached hydrogens (tertiary/aromatic N) is 4. The number of hydrogen-bond acceptors (Lipinski definition) is 5. The molecule has 7 aromatic carbocycles. The SMILES string of the molecule is c1ccc(-c2nc(-c3ccc4ncc5ccc6ccccc6c5c4c3)nc(-c3ccc4ccc5oc6ccccc6c5c4c3)n2)cc1. The first-order valence-electron chi connectivity index (χ1n) is 15.6. The van der Waals surface area contributed by atoms with E-state index in [4.69, 9.17) is 24.4 Å². The monoisotopic (exact) mass is 600 g/mol. The third kappa shape index (κ3) is 4.10. The highest BCUT2D eigenvalue weighted by Crippen LogP contribution is 2.37. The summed E-state index contributed by atoms with van der Waals surface area (Å²) in [6, 6.07) is 47.9. The Bertz CT molecular complexity index is 2850. The molecule has 0 N–H and O–H groups in total. The number of fused-ring (bicyclic) bond motifs is 10. The molecule has 0 saturated heterocycles. The van der Waals surface area contributed by atoms with Crippen LogP contribution in [-0.4, -0.2) is 19.9 Å². The van der Waals surface area contributed by atoms with Gasteiger partial charge in [-0.15, -0.1) is 0 Å². The fourth-order valence-corrected chi connectivity index (χ4v) is 6.86. The molecule has 47 heavy (non-hydrogen) atoms. The Balaban J connectivity index is 1.22. The predicted molar refractivity (Wildman–Crippen MR) is 191 cm³/mol. The highest BCUT2D eigenvalue weighted by Gasteiger charge is 2.16. The smallest absolute Gasteiger partial charge is 0.164 e. The second-order valence-electron chi connectivity index (χ2n) is 11.9. The van der Waals surface area contributed by atoms with Gasteiger partial charge in [-0.3, -0.25) is 4.98 Å². The summed E-state index contributed by atoms with van der Waals surface area (Å²) in [6.45, 7) is 0. The molecule has 0 aliphatic rings. The summed E-state index contributed by atoms with van der Waals surface area (Å²) in [7, 11) is 0. The average Bonchev–Trinajstić information content (AvgIpc) is 3.53. The van der Waals surface area contributed by atoms with Crippen LogP contribution in [0.3, 0.4) is 0 Å². The van der Waals surface area contributed by atoms with E-state index in [1.54, 1.807) is 0 Å². The quantitative estimate of drug-likeness (QED) is 0.189. The third-order valence-electron chi connectivity index (χ3n) is 9.11. The second kappa shape index (κ2) is 10.0. The van der Waals surface area contributed by atoms with Gasteiger partial charge in [0, 0.05) is 49.8 Å². The summed E-state index contributed by atoms with van der Waals surface area (Å²) in [6.07, 6.45) is 1.96. The normalized spacial score (nSPS) is 11.8. The van der Waals surface area contributed by atoms with Gasteiger partial charge in [0.25, 0.3) is 0 Å². The molecule has 0 fully saturated rings. The van der Waals surface area contributed by atoms with Crippen LogP contribution in [0.25, 0.3) is 99.3 Å². The van der Waals surface area contributed by atoms with Crippen LogP contribution in [0.2, 0.25) is 0 Å².